The van der Waals surface area contributed by atoms with E-state index in [0.29, 0.717) is 5.69 Å². The summed E-state index contributed by atoms with van der Waals surface area (Å²) < 4.78 is 26.9. The summed E-state index contributed by atoms with van der Waals surface area (Å²) in [5, 5.41) is 8.93. The van der Waals surface area contributed by atoms with E-state index in [-0.39, 0.29) is 17.5 Å². The van der Waals surface area contributed by atoms with Gasteiger partial charge in [0.25, 0.3) is 0 Å². The summed E-state index contributed by atoms with van der Waals surface area (Å²) in [5.41, 5.74) is 0.472. The lowest BCUT2D eigenvalue weighted by molar-refractivity contribution is 0.277. The number of aromatic amines is 1. The van der Waals surface area contributed by atoms with Crippen molar-refractivity contribution in [3.63, 3.8) is 0 Å². The molecular weight excluding hydrogens is 284 g/mol. The molecule has 2 heterocycles. The summed E-state index contributed by atoms with van der Waals surface area (Å²) in [6.45, 7) is 3.58. The minimum absolute atomic E-state index is 0.136. The largest absolute Gasteiger partial charge is 0.390 e. The fourth-order valence-electron chi connectivity index (χ4n) is 1.71. The van der Waals surface area contributed by atoms with E-state index in [0.717, 1.165) is 9.75 Å². The molecular formula is C12H16N2O3S2. The lowest BCUT2D eigenvalue weighted by atomic mass is 10.3. The van der Waals surface area contributed by atoms with Crippen LogP contribution in [-0.4, -0.2) is 18.5 Å². The van der Waals surface area contributed by atoms with Gasteiger partial charge in [-0.05, 0) is 32.0 Å². The average Bonchev–Trinajstić information content (AvgIpc) is 2.96. The van der Waals surface area contributed by atoms with Gasteiger partial charge in [0.15, 0.2) is 0 Å². The van der Waals surface area contributed by atoms with E-state index in [1.807, 2.05) is 26.0 Å². The molecule has 1 unspecified atom stereocenters. The van der Waals surface area contributed by atoms with E-state index >= 15 is 0 Å². The van der Waals surface area contributed by atoms with Crippen LogP contribution in [-0.2, 0) is 16.6 Å². The van der Waals surface area contributed by atoms with Gasteiger partial charge in [0, 0.05) is 21.6 Å². The average molecular weight is 300 g/mol. The second-order valence-corrected chi connectivity index (χ2v) is 7.34. The van der Waals surface area contributed by atoms with E-state index < -0.39 is 10.0 Å². The number of H-pyrrole nitrogens is 1. The van der Waals surface area contributed by atoms with Gasteiger partial charge < -0.3 is 10.1 Å². The van der Waals surface area contributed by atoms with Gasteiger partial charge >= 0.3 is 0 Å². The Morgan fingerprint density at radius 1 is 1.47 bits per heavy atom. The molecule has 0 bridgehead atoms. The molecule has 5 nitrogen and oxygen atoms in total. The van der Waals surface area contributed by atoms with E-state index in [1.165, 1.54) is 12.3 Å². The Kier molecular flexibility index (Phi) is 4.10. The van der Waals surface area contributed by atoms with Crippen molar-refractivity contribution in [2.24, 2.45) is 0 Å². The van der Waals surface area contributed by atoms with Crippen LogP contribution in [0.2, 0.25) is 0 Å². The molecule has 2 rings (SSSR count). The van der Waals surface area contributed by atoms with Gasteiger partial charge in [0.05, 0.1) is 17.5 Å². The number of thiophene rings is 1. The number of rotatable bonds is 5. The molecule has 3 N–H and O–H groups in total. The third-order valence-corrected chi connectivity index (χ3v) is 5.42. The van der Waals surface area contributed by atoms with Gasteiger partial charge in [0.1, 0.15) is 0 Å². The van der Waals surface area contributed by atoms with Crippen LogP contribution in [0.1, 0.15) is 28.4 Å². The molecule has 2 aromatic heterocycles. The summed E-state index contributed by atoms with van der Waals surface area (Å²) in [5.74, 6) is 0. The first-order chi connectivity index (χ1) is 8.92. The molecule has 0 aliphatic rings. The molecule has 1 atom stereocenters. The van der Waals surface area contributed by atoms with Gasteiger partial charge in [-0.3, -0.25) is 0 Å². The lowest BCUT2D eigenvalue weighted by Crippen LogP contribution is -2.26. The van der Waals surface area contributed by atoms with Crippen LogP contribution >= 0.6 is 11.3 Å². The van der Waals surface area contributed by atoms with Crippen molar-refractivity contribution < 1.29 is 13.5 Å². The van der Waals surface area contributed by atoms with Crippen LogP contribution < -0.4 is 4.72 Å². The number of hydrogen-bond acceptors (Lipinski definition) is 4. The summed E-state index contributed by atoms with van der Waals surface area (Å²) in [7, 11) is -3.57. The van der Waals surface area contributed by atoms with Crippen LogP contribution in [0.5, 0.6) is 0 Å². The van der Waals surface area contributed by atoms with E-state index in [9.17, 15) is 8.42 Å². The molecule has 0 spiro atoms. The van der Waals surface area contributed by atoms with Gasteiger partial charge in [-0.25, -0.2) is 13.1 Å². The van der Waals surface area contributed by atoms with E-state index in [2.05, 4.69) is 9.71 Å². The van der Waals surface area contributed by atoms with Gasteiger partial charge in [0.2, 0.25) is 10.0 Å². The van der Waals surface area contributed by atoms with Gasteiger partial charge in [-0.1, -0.05) is 0 Å². The zero-order chi connectivity index (χ0) is 14.0. The first-order valence-electron chi connectivity index (χ1n) is 5.79. The number of aromatic nitrogens is 1. The van der Waals surface area contributed by atoms with Crippen LogP contribution in [0, 0.1) is 6.92 Å². The highest BCUT2D eigenvalue weighted by Gasteiger charge is 2.20. The second kappa shape index (κ2) is 5.46. The Morgan fingerprint density at radius 2 is 2.21 bits per heavy atom. The molecule has 19 heavy (non-hydrogen) atoms. The standard InChI is InChI=1S/C12H16N2O3S2/c1-8-3-4-12(18-8)9(2)14-19(16,17)11-5-10(7-15)13-6-11/h3-6,9,13-15H,7H2,1-2H3. The van der Waals surface area contributed by atoms with Crippen molar-refractivity contribution in [1.29, 1.82) is 0 Å². The normalized spacial score (nSPS) is 13.6. The second-order valence-electron chi connectivity index (χ2n) is 4.31. The predicted octanol–water partition coefficient (Wildman–Crippen LogP) is 1.92. The molecule has 0 aliphatic carbocycles. The molecule has 104 valence electrons. The summed E-state index contributed by atoms with van der Waals surface area (Å²) in [6, 6.07) is 5.03. The Morgan fingerprint density at radius 3 is 2.74 bits per heavy atom. The molecule has 0 saturated carbocycles. The molecule has 0 saturated heterocycles. The minimum atomic E-state index is -3.57. The lowest BCUT2D eigenvalue weighted by Gasteiger charge is -2.11. The van der Waals surface area contributed by atoms with Crippen LogP contribution in [0.25, 0.3) is 0 Å². The maximum absolute atomic E-state index is 12.1. The molecule has 0 radical (unpaired) electrons. The number of hydrogen-bond donors (Lipinski definition) is 3. The minimum Gasteiger partial charge on any atom is -0.390 e. The fourth-order valence-corrected chi connectivity index (χ4v) is 3.90. The van der Waals surface area contributed by atoms with Gasteiger partial charge in [-0.15, -0.1) is 11.3 Å². The highest BCUT2D eigenvalue weighted by atomic mass is 32.2. The van der Waals surface area contributed by atoms with Crippen molar-refractivity contribution >= 4 is 21.4 Å². The van der Waals surface area contributed by atoms with Crippen LogP contribution in [0.15, 0.2) is 29.3 Å². The van der Waals surface area contributed by atoms with Crippen molar-refractivity contribution in [2.75, 3.05) is 0 Å². The SMILES string of the molecule is Cc1ccc(C(C)NS(=O)(=O)c2c[nH]c(CO)c2)s1. The highest BCUT2D eigenvalue weighted by Crippen LogP contribution is 2.24. The summed E-state index contributed by atoms with van der Waals surface area (Å²) in [4.78, 5) is 4.96. The number of sulfonamides is 1. The smallest absolute Gasteiger partial charge is 0.242 e. The molecule has 2 aromatic rings. The number of aryl methyl sites for hydroxylation is 1. The van der Waals surface area contributed by atoms with Crippen molar-refractivity contribution in [1.82, 2.24) is 9.71 Å². The summed E-state index contributed by atoms with van der Waals surface area (Å²) in [6.07, 6.45) is 1.38. The first kappa shape index (κ1) is 14.3. The van der Waals surface area contributed by atoms with Crippen molar-refractivity contribution in [3.05, 3.63) is 39.8 Å². The number of aliphatic hydroxyl groups excluding tert-OH is 1. The molecule has 0 amide bonds. The molecule has 0 aromatic carbocycles. The Balaban J connectivity index is 2.17. The van der Waals surface area contributed by atoms with Crippen molar-refractivity contribution in [2.45, 2.75) is 31.4 Å². The Hall–Kier alpha value is -1.15. The maximum atomic E-state index is 12.1. The summed E-state index contributed by atoms with van der Waals surface area (Å²) >= 11 is 1.57. The highest BCUT2D eigenvalue weighted by molar-refractivity contribution is 7.89. The van der Waals surface area contributed by atoms with Crippen LogP contribution in [0.3, 0.4) is 0 Å². The van der Waals surface area contributed by atoms with Gasteiger partial charge in [-0.2, -0.15) is 0 Å². The first-order valence-corrected chi connectivity index (χ1v) is 8.09. The topological polar surface area (TPSA) is 82.2 Å². The Bertz CT molecular complexity index is 658. The molecule has 7 heteroatoms. The Labute approximate surface area is 116 Å². The van der Waals surface area contributed by atoms with E-state index in [1.54, 1.807) is 11.3 Å². The number of aliphatic hydroxyl groups is 1. The predicted molar refractivity (Wildman–Crippen MR) is 74.5 cm³/mol. The quantitative estimate of drug-likeness (QED) is 0.789. The number of nitrogens with one attached hydrogen (secondary N) is 2. The third-order valence-electron chi connectivity index (χ3n) is 2.72. The van der Waals surface area contributed by atoms with Crippen molar-refractivity contribution in [3.8, 4) is 0 Å². The molecule has 0 aliphatic heterocycles. The maximum Gasteiger partial charge on any atom is 0.242 e. The fraction of sp³-hybridized carbons (Fsp3) is 0.333. The van der Waals surface area contributed by atoms with Crippen LogP contribution in [0.4, 0.5) is 0 Å². The third kappa shape index (κ3) is 3.24. The van der Waals surface area contributed by atoms with E-state index in [4.69, 9.17) is 5.11 Å². The zero-order valence-corrected chi connectivity index (χ0v) is 12.3. The zero-order valence-electron chi connectivity index (χ0n) is 10.7. The monoisotopic (exact) mass is 300 g/mol. The molecule has 0 fully saturated rings.